The third-order valence-corrected chi connectivity index (χ3v) is 6.08. The van der Waals surface area contributed by atoms with Gasteiger partial charge in [-0.05, 0) is 54.8 Å². The number of aryl methyl sites for hydroxylation is 1. The molecule has 0 aromatic heterocycles. The first kappa shape index (κ1) is 20.4. The lowest BCUT2D eigenvalue weighted by Crippen LogP contribution is -2.41. The monoisotopic (exact) mass is 428 g/mol. The van der Waals surface area contributed by atoms with Crippen molar-refractivity contribution in [2.24, 2.45) is 0 Å². The highest BCUT2D eigenvalue weighted by Crippen LogP contribution is 2.27. The topological polar surface area (TPSA) is 66.9 Å². The lowest BCUT2D eigenvalue weighted by atomic mass is 10.1. The van der Waals surface area contributed by atoms with E-state index in [1.807, 2.05) is 24.3 Å². The van der Waals surface area contributed by atoms with Crippen molar-refractivity contribution in [2.45, 2.75) is 25.3 Å². The Morgan fingerprint density at radius 3 is 2.67 bits per heavy atom. The predicted molar refractivity (Wildman–Crippen MR) is 111 cm³/mol. The van der Waals surface area contributed by atoms with Crippen molar-refractivity contribution >= 4 is 28.8 Å². The molecule has 0 spiro atoms. The summed E-state index contributed by atoms with van der Waals surface area (Å²) in [7, 11) is 0. The first-order chi connectivity index (χ1) is 14.5. The molecule has 2 fully saturated rings. The molecule has 2 heterocycles. The van der Waals surface area contributed by atoms with Crippen molar-refractivity contribution in [1.29, 1.82) is 0 Å². The van der Waals surface area contributed by atoms with Gasteiger partial charge in [0.25, 0.3) is 5.24 Å². The molecule has 2 aliphatic rings. The fourth-order valence-electron chi connectivity index (χ4n) is 3.71. The zero-order valence-electron chi connectivity index (χ0n) is 16.3. The first-order valence-electron chi connectivity index (χ1n) is 9.78. The number of carbonyl (C=O) groups excluding carboxylic acids is 3. The number of benzene rings is 2. The summed E-state index contributed by atoms with van der Waals surface area (Å²) in [6.07, 6.45) is 1.52. The molecule has 0 aliphatic carbocycles. The molecule has 6 nitrogen and oxygen atoms in total. The van der Waals surface area contributed by atoms with Gasteiger partial charge in [0, 0.05) is 19.5 Å². The largest absolute Gasteiger partial charge is 0.457 e. The number of hydrogen-bond donors (Lipinski definition) is 0. The van der Waals surface area contributed by atoms with Gasteiger partial charge in [-0.1, -0.05) is 23.9 Å². The molecule has 0 radical (unpaired) electrons. The second kappa shape index (κ2) is 8.87. The smallest absolute Gasteiger partial charge is 0.289 e. The van der Waals surface area contributed by atoms with Crippen molar-refractivity contribution in [2.75, 3.05) is 18.8 Å². The van der Waals surface area contributed by atoms with Gasteiger partial charge in [0.2, 0.25) is 11.8 Å². The van der Waals surface area contributed by atoms with Gasteiger partial charge in [0.05, 0.1) is 11.8 Å². The minimum absolute atomic E-state index is 0.00843. The maximum atomic E-state index is 13.0. The first-order valence-corrected chi connectivity index (χ1v) is 10.8. The zero-order valence-corrected chi connectivity index (χ0v) is 17.1. The number of hydrogen-bond acceptors (Lipinski definition) is 5. The molecule has 1 unspecified atom stereocenters. The fraction of sp³-hybridized carbons (Fsp3) is 0.318. The quantitative estimate of drug-likeness (QED) is 0.699. The Bertz CT molecular complexity index is 950. The number of amides is 3. The Hall–Kier alpha value is -2.87. The van der Waals surface area contributed by atoms with Gasteiger partial charge < -0.3 is 9.64 Å². The summed E-state index contributed by atoms with van der Waals surface area (Å²) in [5, 5.41) is -0.211. The van der Waals surface area contributed by atoms with Crippen LogP contribution in [0.5, 0.6) is 11.5 Å². The van der Waals surface area contributed by atoms with E-state index in [2.05, 4.69) is 0 Å². The van der Waals surface area contributed by atoms with Gasteiger partial charge in [0.15, 0.2) is 0 Å². The van der Waals surface area contributed by atoms with E-state index < -0.39 is 0 Å². The number of halogens is 1. The van der Waals surface area contributed by atoms with Crippen LogP contribution in [0.4, 0.5) is 9.18 Å². The van der Waals surface area contributed by atoms with Crippen molar-refractivity contribution in [3.8, 4) is 11.5 Å². The van der Waals surface area contributed by atoms with Crippen LogP contribution in [-0.2, 0) is 16.0 Å². The molecule has 3 amide bonds. The molecule has 8 heteroatoms. The van der Waals surface area contributed by atoms with E-state index in [-0.39, 0.29) is 34.7 Å². The summed E-state index contributed by atoms with van der Waals surface area (Å²) in [4.78, 5) is 39.4. The highest BCUT2D eigenvalue weighted by molar-refractivity contribution is 8.14. The molecule has 1 atom stereocenters. The molecular formula is C22H21FN2O4S. The molecule has 4 rings (SSSR count). The van der Waals surface area contributed by atoms with Crippen LogP contribution in [0.3, 0.4) is 0 Å². The Kier molecular flexibility index (Phi) is 6.03. The van der Waals surface area contributed by atoms with Gasteiger partial charge in [-0.25, -0.2) is 4.39 Å². The number of thioether (sulfide) groups is 1. The Balaban J connectivity index is 1.30. The molecule has 0 saturated carbocycles. The van der Waals surface area contributed by atoms with Crippen LogP contribution in [0.25, 0.3) is 0 Å². The lowest BCUT2D eigenvalue weighted by molar-refractivity contribution is -0.131. The Morgan fingerprint density at radius 1 is 1.13 bits per heavy atom. The lowest BCUT2D eigenvalue weighted by Gasteiger charge is -2.22. The van der Waals surface area contributed by atoms with E-state index >= 15 is 0 Å². The third kappa shape index (κ3) is 4.64. The molecule has 2 saturated heterocycles. The minimum atomic E-state index is -0.323. The number of likely N-dealkylation sites (tertiary alicyclic amines) is 1. The molecule has 30 heavy (non-hydrogen) atoms. The van der Waals surface area contributed by atoms with Crippen LogP contribution < -0.4 is 4.74 Å². The van der Waals surface area contributed by atoms with Crippen molar-refractivity contribution in [3.63, 3.8) is 0 Å². The third-order valence-electron chi connectivity index (χ3n) is 5.24. The van der Waals surface area contributed by atoms with Crippen LogP contribution in [0, 0.1) is 5.82 Å². The molecule has 156 valence electrons. The average molecular weight is 428 g/mol. The molecule has 0 N–H and O–H groups in total. The molecule has 2 aliphatic heterocycles. The van der Waals surface area contributed by atoms with E-state index in [0.717, 1.165) is 17.3 Å². The van der Waals surface area contributed by atoms with Gasteiger partial charge in [-0.15, -0.1) is 0 Å². The van der Waals surface area contributed by atoms with E-state index in [4.69, 9.17) is 4.74 Å². The Labute approximate surface area is 178 Å². The van der Waals surface area contributed by atoms with Crippen molar-refractivity contribution in [3.05, 3.63) is 59.9 Å². The summed E-state index contributed by atoms with van der Waals surface area (Å²) < 4.78 is 18.8. The zero-order chi connectivity index (χ0) is 21.1. The van der Waals surface area contributed by atoms with Crippen LogP contribution in [0.15, 0.2) is 48.5 Å². The van der Waals surface area contributed by atoms with Crippen LogP contribution in [-0.4, -0.2) is 51.7 Å². The van der Waals surface area contributed by atoms with E-state index in [1.54, 1.807) is 17.0 Å². The number of rotatable bonds is 6. The van der Waals surface area contributed by atoms with Gasteiger partial charge in [0.1, 0.15) is 17.3 Å². The summed E-state index contributed by atoms with van der Waals surface area (Å²) in [5.41, 5.74) is 0.958. The number of ether oxygens (including phenoxy) is 1. The second-order valence-corrected chi connectivity index (χ2v) is 8.23. The maximum Gasteiger partial charge on any atom is 0.289 e. The van der Waals surface area contributed by atoms with Gasteiger partial charge in [-0.2, -0.15) is 0 Å². The summed E-state index contributed by atoms with van der Waals surface area (Å²) in [6, 6.07) is 13.0. The van der Waals surface area contributed by atoms with Gasteiger partial charge in [-0.3, -0.25) is 19.3 Å². The van der Waals surface area contributed by atoms with Crippen molar-refractivity contribution < 1.29 is 23.5 Å². The molecule has 2 aromatic carbocycles. The van der Waals surface area contributed by atoms with Crippen LogP contribution in [0.2, 0.25) is 0 Å². The predicted octanol–water partition coefficient (Wildman–Crippen LogP) is 3.85. The molecular weight excluding hydrogens is 407 g/mol. The summed E-state index contributed by atoms with van der Waals surface area (Å²) in [5.74, 6) is 0.875. The maximum absolute atomic E-state index is 13.0. The number of nitrogens with zero attached hydrogens (tertiary/aromatic N) is 2. The van der Waals surface area contributed by atoms with Gasteiger partial charge >= 0.3 is 0 Å². The van der Waals surface area contributed by atoms with Crippen LogP contribution >= 0.6 is 11.8 Å². The standard InChI is InChI=1S/C22H21FN2O4S/c23-16-5-7-18(8-6-16)29-19-3-1-2-15(12-19)4-9-20(26)24-11-10-17(13-24)25-21(27)14-30-22(25)28/h1-3,5-8,12,17H,4,9-11,13-14H2. The second-order valence-electron chi connectivity index (χ2n) is 7.30. The number of carbonyl (C=O) groups is 3. The van der Waals surface area contributed by atoms with E-state index in [0.29, 0.717) is 43.9 Å². The van der Waals surface area contributed by atoms with E-state index in [1.165, 1.54) is 17.0 Å². The number of imide groups is 1. The Morgan fingerprint density at radius 2 is 1.93 bits per heavy atom. The van der Waals surface area contributed by atoms with Crippen molar-refractivity contribution in [1.82, 2.24) is 9.80 Å². The SMILES string of the molecule is O=C(CCc1cccc(Oc2ccc(F)cc2)c1)N1CCC(N2C(=O)CSC2=O)C1. The highest BCUT2D eigenvalue weighted by atomic mass is 32.2. The minimum Gasteiger partial charge on any atom is -0.457 e. The highest BCUT2D eigenvalue weighted by Gasteiger charge is 2.40. The fourth-order valence-corrected chi connectivity index (χ4v) is 4.48. The van der Waals surface area contributed by atoms with E-state index in [9.17, 15) is 18.8 Å². The average Bonchev–Trinajstić information content (AvgIpc) is 3.34. The van der Waals surface area contributed by atoms with Crippen LogP contribution in [0.1, 0.15) is 18.4 Å². The normalized spacial score (nSPS) is 18.9. The summed E-state index contributed by atoms with van der Waals surface area (Å²) >= 11 is 1.02. The summed E-state index contributed by atoms with van der Waals surface area (Å²) in [6.45, 7) is 0.962. The molecule has 2 aromatic rings. The molecule has 0 bridgehead atoms.